The van der Waals surface area contributed by atoms with E-state index in [0.717, 1.165) is 29.6 Å². The van der Waals surface area contributed by atoms with Crippen molar-refractivity contribution in [1.29, 1.82) is 0 Å². The maximum atomic E-state index is 4.93. The zero-order chi connectivity index (χ0) is 22.0. The van der Waals surface area contributed by atoms with E-state index in [4.69, 9.17) is 34.1 Å². The number of hydrogen-bond acceptors (Lipinski definition) is 0. The molecule has 5 aliphatic rings. The molecule has 202 valence electrons. The van der Waals surface area contributed by atoms with E-state index in [2.05, 4.69) is 19.1 Å². The van der Waals surface area contributed by atoms with E-state index in [1.807, 2.05) is 0 Å². The topological polar surface area (TPSA) is 0 Å². The van der Waals surface area contributed by atoms with Crippen LogP contribution in [0.3, 0.4) is 0 Å². The summed E-state index contributed by atoms with van der Waals surface area (Å²) in [6, 6.07) is 0. The molecule has 6 heteroatoms. The number of rotatable bonds is 0. The first-order chi connectivity index (χ1) is 14.7. The van der Waals surface area contributed by atoms with Crippen molar-refractivity contribution in [3.8, 4) is 0 Å². The first-order valence-electron chi connectivity index (χ1n) is 12.3. The molecule has 0 aromatic heterocycles. The summed E-state index contributed by atoms with van der Waals surface area (Å²) in [7, 11) is 19.7. The second-order valence-corrected chi connectivity index (χ2v) is 16.9. The molecule has 0 bridgehead atoms. The standard InChI is InChI=1S/C14H22.2C5H10.4CH3.4ClH.2Zr/c1-10-8-9-11-4-2-6-13(11)14-7-3-5-12(10)14;2*1-2-4-5-3-1;;;;;;;;;;/h8-14H,2-7H2,1H3;2*1-5H2;4*1H3;4*1H;;/q;;;4*-1;;;;;2*+4/p-4. The van der Waals surface area contributed by atoms with Gasteiger partial charge >= 0.3 is 75.7 Å². The van der Waals surface area contributed by atoms with Crippen molar-refractivity contribution in [2.45, 2.75) is 110 Å². The van der Waals surface area contributed by atoms with Gasteiger partial charge in [-0.3, -0.25) is 0 Å². The summed E-state index contributed by atoms with van der Waals surface area (Å²) >= 11 is -1.65. The van der Waals surface area contributed by atoms with Gasteiger partial charge in [-0.2, -0.15) is 0 Å². The van der Waals surface area contributed by atoms with Crippen molar-refractivity contribution in [2.24, 2.45) is 29.6 Å². The minimum absolute atomic E-state index is 0. The van der Waals surface area contributed by atoms with E-state index < -0.39 is 41.7 Å². The molecule has 0 saturated heterocycles. The van der Waals surface area contributed by atoms with Crippen LogP contribution in [0.5, 0.6) is 0 Å². The molecular formula is C28H54Cl4Zr2. The molecule has 5 aliphatic carbocycles. The van der Waals surface area contributed by atoms with Gasteiger partial charge in [-0.1, -0.05) is 96.1 Å². The van der Waals surface area contributed by atoms with Gasteiger partial charge < -0.3 is 29.7 Å². The summed E-state index contributed by atoms with van der Waals surface area (Å²) in [5.74, 6) is 5.04. The van der Waals surface area contributed by atoms with Crippen molar-refractivity contribution in [2.75, 3.05) is 0 Å². The number of fused-ring (bicyclic) bond motifs is 3. The van der Waals surface area contributed by atoms with Crippen molar-refractivity contribution < 1.29 is 41.7 Å². The molecular weight excluding hydrogens is 661 g/mol. The van der Waals surface area contributed by atoms with Crippen molar-refractivity contribution in [3.05, 3.63) is 41.9 Å². The van der Waals surface area contributed by atoms with E-state index >= 15 is 0 Å². The van der Waals surface area contributed by atoms with E-state index in [0.29, 0.717) is 0 Å². The van der Waals surface area contributed by atoms with Gasteiger partial charge in [-0.05, 0) is 55.3 Å². The van der Waals surface area contributed by atoms with Crippen LogP contribution < -0.4 is 0 Å². The molecule has 0 radical (unpaired) electrons. The van der Waals surface area contributed by atoms with E-state index in [9.17, 15) is 0 Å². The van der Waals surface area contributed by atoms with Gasteiger partial charge in [0.15, 0.2) is 0 Å². The van der Waals surface area contributed by atoms with Crippen molar-refractivity contribution in [1.82, 2.24) is 0 Å². The molecule has 0 spiro atoms. The molecule has 5 rings (SSSR count). The van der Waals surface area contributed by atoms with Crippen LogP contribution in [0, 0.1) is 59.3 Å². The van der Waals surface area contributed by atoms with Crippen LogP contribution in [-0.4, -0.2) is 0 Å². The summed E-state index contributed by atoms with van der Waals surface area (Å²) in [5.41, 5.74) is 0. The molecule has 5 atom stereocenters. The molecule has 0 aromatic carbocycles. The summed E-state index contributed by atoms with van der Waals surface area (Å²) in [6.07, 6.45) is 29.2. The summed E-state index contributed by atoms with van der Waals surface area (Å²) in [4.78, 5) is 0. The Labute approximate surface area is 254 Å². The van der Waals surface area contributed by atoms with Crippen LogP contribution in [0.2, 0.25) is 0 Å². The Morgan fingerprint density at radius 2 is 0.794 bits per heavy atom. The van der Waals surface area contributed by atoms with Crippen LogP contribution in [0.15, 0.2) is 12.2 Å². The Bertz CT molecular complexity index is 388. The Morgan fingerprint density at radius 1 is 0.471 bits per heavy atom. The van der Waals surface area contributed by atoms with Gasteiger partial charge in [0.25, 0.3) is 0 Å². The predicted molar refractivity (Wildman–Crippen MR) is 155 cm³/mol. The summed E-state index contributed by atoms with van der Waals surface area (Å²) in [5, 5.41) is 0. The Kier molecular flexibility index (Phi) is 38.8. The molecule has 0 nitrogen and oxygen atoms in total. The average molecular weight is 715 g/mol. The predicted octanol–water partition coefficient (Wildman–Crippen LogP) is 12.5. The molecule has 0 N–H and O–H groups in total. The van der Waals surface area contributed by atoms with Gasteiger partial charge in [0.1, 0.15) is 0 Å². The Balaban J connectivity index is -0.000000191. The normalized spacial score (nSPS) is 28.8. The van der Waals surface area contributed by atoms with Gasteiger partial charge in [0.2, 0.25) is 0 Å². The minimum atomic E-state index is -0.826. The molecule has 5 unspecified atom stereocenters. The second kappa shape index (κ2) is 30.2. The molecule has 34 heavy (non-hydrogen) atoms. The fourth-order valence-corrected chi connectivity index (χ4v) is 6.22. The SMILES string of the molecule is C1CCCC1.C1CCCC1.CC1C=CC2CCCC2C2CCCC12.[CH3-].[CH3-].[CH3-].[CH3-].[Cl][Zr+2][Cl].[Cl][Zr+2][Cl]. The zero-order valence-electron chi connectivity index (χ0n) is 22.9. The molecule has 0 aliphatic heterocycles. The molecule has 4 saturated carbocycles. The van der Waals surface area contributed by atoms with Crippen molar-refractivity contribution in [3.63, 3.8) is 0 Å². The van der Waals surface area contributed by atoms with Gasteiger partial charge in [-0.25, -0.2) is 0 Å². The monoisotopic (exact) mass is 710 g/mol. The Hall–Kier alpha value is 2.67. The average Bonchev–Trinajstić information content (AvgIpc) is 3.55. The first-order valence-corrected chi connectivity index (χ1v) is 25.0. The summed E-state index contributed by atoms with van der Waals surface area (Å²) < 4.78 is 0. The van der Waals surface area contributed by atoms with Crippen LogP contribution in [0.1, 0.15) is 110 Å². The number of allylic oxidation sites excluding steroid dienone is 2. The van der Waals surface area contributed by atoms with Crippen LogP contribution in [-0.2, 0) is 41.7 Å². The van der Waals surface area contributed by atoms with Gasteiger partial charge in [0.05, 0.1) is 0 Å². The molecule has 4 fully saturated rings. The molecule has 0 amide bonds. The van der Waals surface area contributed by atoms with Crippen LogP contribution in [0.25, 0.3) is 0 Å². The first kappa shape index (κ1) is 43.7. The second-order valence-electron chi connectivity index (χ2n) is 9.44. The molecule has 0 heterocycles. The maximum absolute atomic E-state index is 4.93. The van der Waals surface area contributed by atoms with E-state index in [-0.39, 0.29) is 29.7 Å². The van der Waals surface area contributed by atoms with Crippen molar-refractivity contribution >= 4 is 34.1 Å². The number of hydrogen-bond donors (Lipinski definition) is 0. The van der Waals surface area contributed by atoms with Gasteiger partial charge in [-0.15, -0.1) is 0 Å². The third-order valence-electron chi connectivity index (χ3n) is 7.64. The molecule has 0 aromatic rings. The third kappa shape index (κ3) is 18.8. The van der Waals surface area contributed by atoms with E-state index in [1.54, 1.807) is 0 Å². The van der Waals surface area contributed by atoms with Gasteiger partial charge in [0, 0.05) is 0 Å². The quantitative estimate of drug-likeness (QED) is 0.173. The fraction of sp³-hybridized carbons (Fsp3) is 0.786. The number of halogens is 4. The van der Waals surface area contributed by atoms with Crippen LogP contribution in [0.4, 0.5) is 0 Å². The summed E-state index contributed by atoms with van der Waals surface area (Å²) in [6.45, 7) is 2.44. The fourth-order valence-electron chi connectivity index (χ4n) is 6.22. The van der Waals surface area contributed by atoms with Crippen LogP contribution >= 0.6 is 34.1 Å². The zero-order valence-corrected chi connectivity index (χ0v) is 30.8. The Morgan fingerprint density at radius 3 is 1.21 bits per heavy atom. The third-order valence-corrected chi connectivity index (χ3v) is 7.64. The van der Waals surface area contributed by atoms with E-state index in [1.165, 1.54) is 103 Å².